The van der Waals surface area contributed by atoms with Gasteiger partial charge < -0.3 is 20.4 Å². The fourth-order valence-electron chi connectivity index (χ4n) is 1.67. The molecule has 2 aromatic rings. The van der Waals surface area contributed by atoms with Gasteiger partial charge in [-0.05, 0) is 17.7 Å². The molecule has 0 fully saturated rings. The number of aromatic amines is 2. The second kappa shape index (κ2) is 6.29. The van der Waals surface area contributed by atoms with Gasteiger partial charge >= 0.3 is 11.7 Å². The third-order valence-electron chi connectivity index (χ3n) is 2.53. The highest BCUT2D eigenvalue weighted by molar-refractivity contribution is 8.00. The molecule has 1 aromatic heterocycles. The van der Waals surface area contributed by atoms with Crippen molar-refractivity contribution in [1.29, 1.82) is 0 Å². The van der Waals surface area contributed by atoms with Crippen molar-refractivity contribution in [2.45, 2.75) is 6.54 Å². The van der Waals surface area contributed by atoms with Crippen LogP contribution in [0, 0.1) is 0 Å². The zero-order chi connectivity index (χ0) is 14.5. The molecular formula is C12H13N3O4S. The van der Waals surface area contributed by atoms with Crippen LogP contribution in [0.4, 0.5) is 0 Å². The van der Waals surface area contributed by atoms with Gasteiger partial charge in [-0.3, -0.25) is 9.59 Å². The maximum Gasteiger partial charge on any atom is 0.323 e. The van der Waals surface area contributed by atoms with E-state index in [4.69, 9.17) is 5.11 Å². The maximum absolute atomic E-state index is 11.5. The zero-order valence-electron chi connectivity index (χ0n) is 10.4. The van der Waals surface area contributed by atoms with E-state index in [2.05, 4.69) is 15.3 Å². The zero-order valence-corrected chi connectivity index (χ0v) is 11.3. The Morgan fingerprint density at radius 1 is 1.20 bits per heavy atom. The highest BCUT2D eigenvalue weighted by atomic mass is 32.2. The van der Waals surface area contributed by atoms with E-state index < -0.39 is 5.97 Å². The Labute approximate surface area is 117 Å². The number of amides is 1. The molecule has 0 aliphatic heterocycles. The average Bonchev–Trinajstić information content (AvgIpc) is 2.75. The van der Waals surface area contributed by atoms with Gasteiger partial charge in [0.15, 0.2) is 0 Å². The van der Waals surface area contributed by atoms with Crippen molar-refractivity contribution < 1.29 is 14.7 Å². The number of thioether (sulfide) groups is 1. The van der Waals surface area contributed by atoms with Crippen LogP contribution in [-0.2, 0) is 16.1 Å². The van der Waals surface area contributed by atoms with Gasteiger partial charge in [-0.15, -0.1) is 11.8 Å². The number of H-pyrrole nitrogens is 2. The quantitative estimate of drug-likeness (QED) is 0.611. The Balaban J connectivity index is 1.87. The van der Waals surface area contributed by atoms with E-state index in [1.807, 2.05) is 0 Å². The lowest BCUT2D eigenvalue weighted by Crippen LogP contribution is -2.25. The molecule has 4 N–H and O–H groups in total. The number of hydrogen-bond acceptors (Lipinski definition) is 4. The summed E-state index contributed by atoms with van der Waals surface area (Å²) in [6.45, 7) is 0.329. The van der Waals surface area contributed by atoms with E-state index >= 15 is 0 Å². The maximum atomic E-state index is 11.5. The third kappa shape index (κ3) is 3.89. The molecule has 106 valence electrons. The molecule has 8 heteroatoms. The number of carboxylic acid groups (broad SMARTS) is 1. The van der Waals surface area contributed by atoms with Crippen molar-refractivity contribution in [2.24, 2.45) is 0 Å². The molecule has 0 radical (unpaired) electrons. The van der Waals surface area contributed by atoms with Crippen LogP contribution in [0.1, 0.15) is 5.56 Å². The normalized spacial score (nSPS) is 10.6. The Kier molecular flexibility index (Phi) is 4.46. The number of imidazole rings is 1. The monoisotopic (exact) mass is 295 g/mol. The van der Waals surface area contributed by atoms with E-state index in [0.717, 1.165) is 17.3 Å². The molecule has 0 spiro atoms. The molecule has 0 aliphatic carbocycles. The summed E-state index contributed by atoms with van der Waals surface area (Å²) in [6, 6.07) is 5.34. The first-order chi connectivity index (χ1) is 9.54. The summed E-state index contributed by atoms with van der Waals surface area (Å²) < 4.78 is 0. The SMILES string of the molecule is O=C(O)CSCC(=O)NCc1ccc2[nH]c(=O)[nH]c2c1. The highest BCUT2D eigenvalue weighted by Gasteiger charge is 2.05. The minimum absolute atomic E-state index is 0.0933. The number of nitrogens with one attached hydrogen (secondary N) is 3. The lowest BCUT2D eigenvalue weighted by Gasteiger charge is -2.04. The van der Waals surface area contributed by atoms with Crippen molar-refractivity contribution in [2.75, 3.05) is 11.5 Å². The van der Waals surface area contributed by atoms with Crippen molar-refractivity contribution >= 4 is 34.7 Å². The smallest absolute Gasteiger partial charge is 0.323 e. The van der Waals surface area contributed by atoms with E-state index in [0.29, 0.717) is 17.6 Å². The van der Waals surface area contributed by atoms with Crippen LogP contribution in [0.3, 0.4) is 0 Å². The predicted octanol–water partition coefficient (Wildman–Crippen LogP) is 0.290. The molecule has 0 aliphatic rings. The summed E-state index contributed by atoms with van der Waals surface area (Å²) in [7, 11) is 0. The molecule has 1 heterocycles. The van der Waals surface area contributed by atoms with Gasteiger partial charge in [0.05, 0.1) is 22.5 Å². The number of aliphatic carboxylic acids is 1. The minimum atomic E-state index is -0.940. The predicted molar refractivity (Wildman–Crippen MR) is 75.7 cm³/mol. The highest BCUT2D eigenvalue weighted by Crippen LogP contribution is 2.10. The van der Waals surface area contributed by atoms with Crippen molar-refractivity contribution in [3.8, 4) is 0 Å². The number of carbonyl (C=O) groups excluding carboxylic acids is 1. The van der Waals surface area contributed by atoms with Crippen LogP contribution < -0.4 is 11.0 Å². The molecule has 7 nitrogen and oxygen atoms in total. The van der Waals surface area contributed by atoms with Crippen LogP contribution >= 0.6 is 11.8 Å². The summed E-state index contributed by atoms with van der Waals surface area (Å²) in [4.78, 5) is 38.2. The van der Waals surface area contributed by atoms with Crippen molar-refractivity contribution in [3.63, 3.8) is 0 Å². The number of fused-ring (bicyclic) bond motifs is 1. The van der Waals surface area contributed by atoms with Gasteiger partial charge in [0, 0.05) is 6.54 Å². The van der Waals surface area contributed by atoms with Gasteiger partial charge in [0.1, 0.15) is 0 Å². The van der Waals surface area contributed by atoms with Crippen LogP contribution in [-0.4, -0.2) is 38.5 Å². The molecule has 0 saturated carbocycles. The first-order valence-electron chi connectivity index (χ1n) is 5.82. The van der Waals surface area contributed by atoms with E-state index in [1.54, 1.807) is 18.2 Å². The number of aromatic nitrogens is 2. The number of carbonyl (C=O) groups is 2. The van der Waals surface area contributed by atoms with Gasteiger partial charge in [0.2, 0.25) is 5.91 Å². The molecule has 2 rings (SSSR count). The lowest BCUT2D eigenvalue weighted by atomic mass is 10.2. The molecular weight excluding hydrogens is 282 g/mol. The van der Waals surface area contributed by atoms with Crippen LogP contribution in [0.15, 0.2) is 23.0 Å². The number of carboxylic acids is 1. The van der Waals surface area contributed by atoms with E-state index in [9.17, 15) is 14.4 Å². The summed E-state index contributed by atoms with van der Waals surface area (Å²) in [5.41, 5.74) is 1.97. The van der Waals surface area contributed by atoms with Gasteiger partial charge in [-0.1, -0.05) is 6.07 Å². The largest absolute Gasteiger partial charge is 0.481 e. The Bertz CT molecular complexity index is 691. The topological polar surface area (TPSA) is 115 Å². The molecule has 0 unspecified atom stereocenters. The van der Waals surface area contributed by atoms with Crippen molar-refractivity contribution in [3.05, 3.63) is 34.2 Å². The Hall–Kier alpha value is -2.22. The molecule has 20 heavy (non-hydrogen) atoms. The Morgan fingerprint density at radius 3 is 2.70 bits per heavy atom. The summed E-state index contributed by atoms with van der Waals surface area (Å²) >= 11 is 1.05. The fraction of sp³-hybridized carbons (Fsp3) is 0.250. The summed E-state index contributed by atoms with van der Waals surface area (Å²) in [5, 5.41) is 11.1. The van der Waals surface area contributed by atoms with Gasteiger partial charge in [0.25, 0.3) is 0 Å². The fourth-order valence-corrected chi connectivity index (χ4v) is 2.24. The van der Waals surface area contributed by atoms with Crippen LogP contribution in [0.5, 0.6) is 0 Å². The number of benzene rings is 1. The van der Waals surface area contributed by atoms with E-state index in [-0.39, 0.29) is 23.1 Å². The summed E-state index contributed by atoms with van der Waals surface area (Å²) in [6.07, 6.45) is 0. The number of rotatable bonds is 6. The molecule has 0 saturated heterocycles. The Morgan fingerprint density at radius 2 is 1.95 bits per heavy atom. The molecule has 1 aromatic carbocycles. The average molecular weight is 295 g/mol. The first kappa shape index (κ1) is 14.2. The molecule has 0 atom stereocenters. The second-order valence-electron chi connectivity index (χ2n) is 4.12. The van der Waals surface area contributed by atoms with E-state index in [1.165, 1.54) is 0 Å². The second-order valence-corrected chi connectivity index (χ2v) is 5.11. The number of hydrogen-bond donors (Lipinski definition) is 4. The van der Waals surface area contributed by atoms with Crippen LogP contribution in [0.2, 0.25) is 0 Å². The van der Waals surface area contributed by atoms with Gasteiger partial charge in [-0.2, -0.15) is 0 Å². The minimum Gasteiger partial charge on any atom is -0.481 e. The van der Waals surface area contributed by atoms with Gasteiger partial charge in [-0.25, -0.2) is 4.79 Å². The summed E-state index contributed by atoms with van der Waals surface area (Å²) in [5.74, 6) is -1.15. The van der Waals surface area contributed by atoms with Crippen molar-refractivity contribution in [1.82, 2.24) is 15.3 Å². The molecule has 1 amide bonds. The van der Waals surface area contributed by atoms with Crippen LogP contribution in [0.25, 0.3) is 11.0 Å². The third-order valence-corrected chi connectivity index (χ3v) is 3.45. The first-order valence-corrected chi connectivity index (χ1v) is 6.97. The standard InChI is InChI=1S/C12H13N3O4S/c16-10(5-20-6-11(17)18)13-4-7-1-2-8-9(3-7)15-12(19)14-8/h1-3H,4-6H2,(H,13,16)(H,17,18)(H2,14,15,19). The lowest BCUT2D eigenvalue weighted by molar-refractivity contribution is -0.133. The molecule has 0 bridgehead atoms.